The van der Waals surface area contributed by atoms with Crippen molar-refractivity contribution in [3.63, 3.8) is 0 Å². The molecule has 1 N–H and O–H groups in total. The van der Waals surface area contributed by atoms with Crippen molar-refractivity contribution < 1.29 is 14.3 Å². The summed E-state index contributed by atoms with van der Waals surface area (Å²) < 4.78 is 5.30. The number of benzene rings is 2. The van der Waals surface area contributed by atoms with E-state index in [4.69, 9.17) is 4.74 Å². The number of hydrogen-bond donors (Lipinski definition) is 1. The maximum atomic E-state index is 13.1. The molecule has 0 heterocycles. The summed E-state index contributed by atoms with van der Waals surface area (Å²) in [6.07, 6.45) is 2.31. The molecule has 1 atom stereocenters. The molecular formula is C24H32N2O3S. The van der Waals surface area contributed by atoms with Crippen molar-refractivity contribution >= 4 is 23.6 Å². The molecule has 30 heavy (non-hydrogen) atoms. The van der Waals surface area contributed by atoms with Gasteiger partial charge in [0.2, 0.25) is 11.8 Å². The summed E-state index contributed by atoms with van der Waals surface area (Å²) in [5, 5.41) is 2.95. The molecule has 2 aromatic rings. The number of carbonyl (C=O) groups excluding carboxylic acids is 2. The standard InChI is InChI=1S/C24H32N2O3S/c1-4-5-15-25-24(28)19(2)26(18-20-10-9-11-21(17-20)29-3)23(27)14-16-30-22-12-7-6-8-13-22/h6-13,17,19H,4-5,14-16,18H2,1-3H3,(H,25,28)/t19-/m0/s1. The summed E-state index contributed by atoms with van der Waals surface area (Å²) in [6.45, 7) is 4.88. The van der Waals surface area contributed by atoms with Crippen LogP contribution in [0.4, 0.5) is 0 Å². The molecule has 2 amide bonds. The predicted octanol–water partition coefficient (Wildman–Crippen LogP) is 4.51. The minimum atomic E-state index is -0.540. The van der Waals surface area contributed by atoms with Gasteiger partial charge in [0.05, 0.1) is 7.11 Å². The van der Waals surface area contributed by atoms with Crippen LogP contribution in [0.15, 0.2) is 59.5 Å². The number of hydrogen-bond acceptors (Lipinski definition) is 4. The van der Waals surface area contributed by atoms with Gasteiger partial charge in [-0.05, 0) is 43.2 Å². The molecule has 0 aliphatic rings. The lowest BCUT2D eigenvalue weighted by Crippen LogP contribution is -2.47. The molecule has 0 aliphatic heterocycles. The van der Waals surface area contributed by atoms with Crippen LogP contribution in [0.3, 0.4) is 0 Å². The summed E-state index contributed by atoms with van der Waals surface area (Å²) in [6, 6.07) is 17.1. The highest BCUT2D eigenvalue weighted by Crippen LogP contribution is 2.20. The lowest BCUT2D eigenvalue weighted by molar-refractivity contribution is -0.140. The summed E-state index contributed by atoms with van der Waals surface area (Å²) in [4.78, 5) is 28.5. The first-order chi connectivity index (χ1) is 14.5. The third kappa shape index (κ3) is 7.75. The molecule has 6 heteroatoms. The molecule has 162 valence electrons. The van der Waals surface area contributed by atoms with Crippen LogP contribution in [-0.2, 0) is 16.1 Å². The van der Waals surface area contributed by atoms with Crippen molar-refractivity contribution in [2.75, 3.05) is 19.4 Å². The van der Waals surface area contributed by atoms with Crippen molar-refractivity contribution in [2.45, 2.75) is 50.6 Å². The van der Waals surface area contributed by atoms with E-state index in [0.717, 1.165) is 29.1 Å². The van der Waals surface area contributed by atoms with Gasteiger partial charge < -0.3 is 15.0 Å². The van der Waals surface area contributed by atoms with Gasteiger partial charge in [0.15, 0.2) is 0 Å². The number of amides is 2. The second-order valence-corrected chi connectivity index (χ2v) is 8.27. The minimum Gasteiger partial charge on any atom is -0.497 e. The number of nitrogens with one attached hydrogen (secondary N) is 1. The fraction of sp³-hybridized carbons (Fsp3) is 0.417. The monoisotopic (exact) mass is 428 g/mol. The van der Waals surface area contributed by atoms with Gasteiger partial charge in [-0.3, -0.25) is 9.59 Å². The molecule has 0 fully saturated rings. The summed E-state index contributed by atoms with van der Waals surface area (Å²) >= 11 is 1.65. The van der Waals surface area contributed by atoms with E-state index in [-0.39, 0.29) is 11.8 Å². The summed E-state index contributed by atoms with van der Waals surface area (Å²) in [7, 11) is 1.62. The lowest BCUT2D eigenvalue weighted by Gasteiger charge is -2.29. The zero-order valence-electron chi connectivity index (χ0n) is 18.1. The van der Waals surface area contributed by atoms with Crippen LogP contribution in [0.5, 0.6) is 5.75 Å². The highest BCUT2D eigenvalue weighted by atomic mass is 32.2. The van der Waals surface area contributed by atoms with Gasteiger partial charge in [-0.1, -0.05) is 43.7 Å². The van der Waals surface area contributed by atoms with Gasteiger partial charge in [0, 0.05) is 30.2 Å². The zero-order valence-corrected chi connectivity index (χ0v) is 18.9. The third-order valence-corrected chi connectivity index (χ3v) is 5.83. The number of thioether (sulfide) groups is 1. The topological polar surface area (TPSA) is 58.6 Å². The second-order valence-electron chi connectivity index (χ2n) is 7.11. The number of methoxy groups -OCH3 is 1. The normalized spacial score (nSPS) is 11.6. The van der Waals surface area contributed by atoms with E-state index in [1.54, 1.807) is 30.7 Å². The molecule has 2 rings (SSSR count). The van der Waals surface area contributed by atoms with Crippen molar-refractivity contribution in [1.29, 1.82) is 0 Å². The molecule has 0 spiro atoms. The first-order valence-electron chi connectivity index (χ1n) is 10.4. The minimum absolute atomic E-state index is 0.0283. The summed E-state index contributed by atoms with van der Waals surface area (Å²) in [5.74, 6) is 1.26. The predicted molar refractivity (Wildman–Crippen MR) is 123 cm³/mol. The van der Waals surface area contributed by atoms with Gasteiger partial charge in [0.25, 0.3) is 0 Å². The smallest absolute Gasteiger partial charge is 0.242 e. The van der Waals surface area contributed by atoms with Crippen LogP contribution in [-0.4, -0.2) is 42.2 Å². The number of carbonyl (C=O) groups is 2. The van der Waals surface area contributed by atoms with Crippen molar-refractivity contribution in [2.24, 2.45) is 0 Å². The molecule has 2 aromatic carbocycles. The van der Waals surface area contributed by atoms with Gasteiger partial charge in [-0.15, -0.1) is 11.8 Å². The van der Waals surface area contributed by atoms with Crippen LogP contribution in [0.2, 0.25) is 0 Å². The summed E-state index contributed by atoms with van der Waals surface area (Å²) in [5.41, 5.74) is 0.937. The number of rotatable bonds is 12. The maximum Gasteiger partial charge on any atom is 0.242 e. The molecule has 0 bridgehead atoms. The Morgan fingerprint density at radius 3 is 2.60 bits per heavy atom. The van der Waals surface area contributed by atoms with Gasteiger partial charge in [-0.2, -0.15) is 0 Å². The Bertz CT molecular complexity index is 798. The Morgan fingerprint density at radius 2 is 1.90 bits per heavy atom. The number of unbranched alkanes of at least 4 members (excludes halogenated alkanes) is 1. The average molecular weight is 429 g/mol. The van der Waals surface area contributed by atoms with Crippen molar-refractivity contribution in [3.05, 3.63) is 60.2 Å². The van der Waals surface area contributed by atoms with Crippen molar-refractivity contribution in [1.82, 2.24) is 10.2 Å². The Labute approximate surface area is 184 Å². The fourth-order valence-corrected chi connectivity index (χ4v) is 3.86. The Kier molecular flexibility index (Phi) is 10.3. The largest absolute Gasteiger partial charge is 0.497 e. The van der Waals surface area contributed by atoms with E-state index in [1.165, 1.54) is 0 Å². The highest BCUT2D eigenvalue weighted by Gasteiger charge is 2.25. The molecule has 0 radical (unpaired) electrons. The molecule has 5 nitrogen and oxygen atoms in total. The molecular weight excluding hydrogens is 396 g/mol. The van der Waals surface area contributed by atoms with E-state index in [9.17, 15) is 9.59 Å². The van der Waals surface area contributed by atoms with E-state index in [1.807, 2.05) is 54.6 Å². The molecule has 0 unspecified atom stereocenters. The first kappa shape index (κ1) is 23.8. The number of ether oxygens (including phenoxy) is 1. The Balaban J connectivity index is 2.06. The van der Waals surface area contributed by atoms with Gasteiger partial charge >= 0.3 is 0 Å². The lowest BCUT2D eigenvalue weighted by atomic mass is 10.1. The van der Waals surface area contributed by atoms with Crippen molar-refractivity contribution in [3.8, 4) is 5.75 Å². The van der Waals surface area contributed by atoms with Crippen LogP contribution in [0.1, 0.15) is 38.7 Å². The van der Waals surface area contributed by atoms with E-state index < -0.39 is 6.04 Å². The molecule has 0 saturated carbocycles. The van der Waals surface area contributed by atoms with E-state index in [2.05, 4.69) is 12.2 Å². The van der Waals surface area contributed by atoms with E-state index in [0.29, 0.717) is 25.3 Å². The fourth-order valence-electron chi connectivity index (χ4n) is 3.00. The quantitative estimate of drug-likeness (QED) is 0.399. The third-order valence-electron chi connectivity index (χ3n) is 4.81. The Hall–Kier alpha value is -2.47. The van der Waals surface area contributed by atoms with Crippen LogP contribution >= 0.6 is 11.8 Å². The highest BCUT2D eigenvalue weighted by molar-refractivity contribution is 7.99. The van der Waals surface area contributed by atoms with E-state index >= 15 is 0 Å². The van der Waals surface area contributed by atoms with Crippen LogP contribution < -0.4 is 10.1 Å². The SMILES string of the molecule is CCCCNC(=O)[C@H](C)N(Cc1cccc(OC)c1)C(=O)CCSc1ccccc1. The molecule has 0 aliphatic carbocycles. The zero-order chi connectivity index (χ0) is 21.8. The molecule has 0 saturated heterocycles. The van der Waals surface area contributed by atoms with Crippen LogP contribution in [0, 0.1) is 0 Å². The van der Waals surface area contributed by atoms with Crippen LogP contribution in [0.25, 0.3) is 0 Å². The number of nitrogens with zero attached hydrogens (tertiary/aromatic N) is 1. The average Bonchev–Trinajstić information content (AvgIpc) is 2.77. The van der Waals surface area contributed by atoms with Gasteiger partial charge in [-0.25, -0.2) is 0 Å². The molecule has 0 aromatic heterocycles. The second kappa shape index (κ2) is 13.0. The maximum absolute atomic E-state index is 13.1. The Morgan fingerprint density at radius 1 is 1.13 bits per heavy atom. The van der Waals surface area contributed by atoms with Gasteiger partial charge in [0.1, 0.15) is 11.8 Å². The first-order valence-corrected chi connectivity index (χ1v) is 11.4.